The first-order valence-corrected chi connectivity index (χ1v) is 9.59. The largest absolute Gasteiger partial charge is 0.484 e. The Morgan fingerprint density at radius 2 is 1.12 bits per heavy atom. The SMILES string of the molecule is CC1(C(O)C2(C)Cc3cc(N)c(C(F)(F)F)cc3O2)Cc2cc(N)c(C(F)(F)F)cc2O1. The summed E-state index contributed by atoms with van der Waals surface area (Å²) in [6, 6.07) is 3.87. The minimum Gasteiger partial charge on any atom is -0.484 e. The number of alkyl halides is 6. The molecule has 0 amide bonds. The first-order valence-electron chi connectivity index (χ1n) is 9.59. The van der Waals surface area contributed by atoms with E-state index in [1.54, 1.807) is 0 Å². The highest BCUT2D eigenvalue weighted by atomic mass is 19.4. The van der Waals surface area contributed by atoms with Gasteiger partial charge in [-0.15, -0.1) is 0 Å². The molecule has 4 rings (SSSR count). The number of aliphatic hydroxyl groups is 1. The maximum absolute atomic E-state index is 13.2. The number of anilines is 2. The first kappa shape index (κ1) is 22.4. The van der Waals surface area contributed by atoms with Crippen molar-refractivity contribution in [3.8, 4) is 11.5 Å². The number of rotatable bonds is 2. The van der Waals surface area contributed by atoms with Crippen molar-refractivity contribution < 1.29 is 40.9 Å². The molecule has 5 nitrogen and oxygen atoms in total. The molecule has 5 N–H and O–H groups in total. The highest BCUT2D eigenvalue weighted by Gasteiger charge is 2.54. The van der Waals surface area contributed by atoms with Crippen LogP contribution in [0, 0.1) is 0 Å². The topological polar surface area (TPSA) is 90.7 Å². The van der Waals surface area contributed by atoms with Gasteiger partial charge in [0.05, 0.1) is 11.1 Å². The lowest BCUT2D eigenvalue weighted by molar-refractivity contribution is -0.137. The zero-order valence-corrected chi connectivity index (χ0v) is 17.0. The molecule has 0 aromatic heterocycles. The molecule has 2 aliphatic heterocycles. The van der Waals surface area contributed by atoms with Crippen molar-refractivity contribution in [2.75, 3.05) is 11.5 Å². The van der Waals surface area contributed by atoms with Gasteiger partial charge in [-0.3, -0.25) is 0 Å². The van der Waals surface area contributed by atoms with E-state index < -0.39 is 52.2 Å². The average molecular weight is 462 g/mol. The van der Waals surface area contributed by atoms with E-state index >= 15 is 0 Å². The van der Waals surface area contributed by atoms with Crippen LogP contribution < -0.4 is 20.9 Å². The van der Waals surface area contributed by atoms with Gasteiger partial charge >= 0.3 is 12.4 Å². The van der Waals surface area contributed by atoms with Gasteiger partial charge in [-0.1, -0.05) is 0 Å². The van der Waals surface area contributed by atoms with E-state index in [2.05, 4.69) is 0 Å². The number of halogens is 6. The number of fused-ring (bicyclic) bond motifs is 2. The summed E-state index contributed by atoms with van der Waals surface area (Å²) in [5, 5.41) is 11.2. The van der Waals surface area contributed by atoms with Crippen LogP contribution in [0.1, 0.15) is 36.1 Å². The van der Waals surface area contributed by atoms with E-state index in [0.717, 1.165) is 24.3 Å². The van der Waals surface area contributed by atoms with Crippen molar-refractivity contribution in [1.82, 2.24) is 0 Å². The highest BCUT2D eigenvalue weighted by molar-refractivity contribution is 5.59. The van der Waals surface area contributed by atoms with E-state index in [9.17, 15) is 31.4 Å². The van der Waals surface area contributed by atoms with Gasteiger partial charge in [0.2, 0.25) is 0 Å². The quantitative estimate of drug-likeness (QED) is 0.457. The third-order valence-electron chi connectivity index (χ3n) is 6.00. The summed E-state index contributed by atoms with van der Waals surface area (Å²) in [5.41, 5.74) is 5.98. The van der Waals surface area contributed by atoms with Crippen LogP contribution in [0.25, 0.3) is 0 Å². The predicted octanol–water partition coefficient (Wildman–Crippen LogP) is 4.34. The van der Waals surface area contributed by atoms with E-state index in [4.69, 9.17) is 20.9 Å². The zero-order valence-electron chi connectivity index (χ0n) is 17.0. The maximum Gasteiger partial charge on any atom is 0.418 e. The number of hydrogen-bond acceptors (Lipinski definition) is 5. The fraction of sp³-hybridized carbons (Fsp3) is 0.429. The number of ether oxygens (including phenoxy) is 2. The summed E-state index contributed by atoms with van der Waals surface area (Å²) in [6.45, 7) is 2.99. The second-order valence-electron chi connectivity index (χ2n) is 8.68. The molecule has 174 valence electrons. The third-order valence-corrected chi connectivity index (χ3v) is 6.00. The summed E-state index contributed by atoms with van der Waals surface area (Å²) in [6.07, 6.45) is -10.7. The smallest absolute Gasteiger partial charge is 0.418 e. The predicted molar refractivity (Wildman–Crippen MR) is 103 cm³/mol. The fourth-order valence-corrected chi connectivity index (χ4v) is 4.53. The number of aliphatic hydroxyl groups excluding tert-OH is 1. The monoisotopic (exact) mass is 462 g/mol. The lowest BCUT2D eigenvalue weighted by Gasteiger charge is -2.39. The fourth-order valence-electron chi connectivity index (χ4n) is 4.53. The van der Waals surface area contributed by atoms with Crippen molar-refractivity contribution in [2.24, 2.45) is 0 Å². The number of nitrogens with two attached hydrogens (primary N) is 2. The normalized spacial score (nSPS) is 25.7. The summed E-state index contributed by atoms with van der Waals surface area (Å²) in [4.78, 5) is 0. The van der Waals surface area contributed by atoms with Crippen LogP contribution in [0.2, 0.25) is 0 Å². The van der Waals surface area contributed by atoms with Crippen molar-refractivity contribution in [3.63, 3.8) is 0 Å². The number of nitrogen functional groups attached to an aromatic ring is 2. The second kappa shape index (κ2) is 6.60. The maximum atomic E-state index is 13.2. The van der Waals surface area contributed by atoms with Crippen LogP contribution in [-0.4, -0.2) is 22.4 Å². The minimum atomic E-state index is -4.68. The van der Waals surface area contributed by atoms with Crippen LogP contribution in [0.15, 0.2) is 24.3 Å². The van der Waals surface area contributed by atoms with Crippen LogP contribution in [0.5, 0.6) is 11.5 Å². The lowest BCUT2D eigenvalue weighted by atomic mass is 9.80. The molecular weight excluding hydrogens is 442 g/mol. The molecule has 0 saturated heterocycles. The Balaban J connectivity index is 1.63. The summed E-state index contributed by atoms with van der Waals surface area (Å²) < 4.78 is 90.6. The van der Waals surface area contributed by atoms with E-state index in [0.29, 0.717) is 11.1 Å². The van der Waals surface area contributed by atoms with Crippen molar-refractivity contribution in [1.29, 1.82) is 0 Å². The van der Waals surface area contributed by atoms with Gasteiger partial charge in [0, 0.05) is 35.3 Å². The van der Waals surface area contributed by atoms with Gasteiger partial charge < -0.3 is 26.0 Å². The van der Waals surface area contributed by atoms with Gasteiger partial charge in [0.15, 0.2) is 0 Å². The van der Waals surface area contributed by atoms with E-state index in [-0.39, 0.29) is 24.3 Å². The number of benzene rings is 2. The summed E-state index contributed by atoms with van der Waals surface area (Å²) in [5.74, 6) is -0.147. The van der Waals surface area contributed by atoms with Crippen molar-refractivity contribution in [3.05, 3.63) is 46.5 Å². The van der Waals surface area contributed by atoms with E-state index in [1.807, 2.05) is 0 Å². The van der Waals surface area contributed by atoms with E-state index in [1.165, 1.54) is 13.8 Å². The van der Waals surface area contributed by atoms with Crippen LogP contribution in [-0.2, 0) is 25.2 Å². The van der Waals surface area contributed by atoms with Crippen LogP contribution >= 0.6 is 0 Å². The van der Waals surface area contributed by atoms with Gasteiger partial charge in [0.1, 0.15) is 28.8 Å². The Labute approximate surface area is 178 Å². The molecule has 0 aliphatic carbocycles. The molecule has 32 heavy (non-hydrogen) atoms. The molecule has 0 radical (unpaired) electrons. The number of hydrogen-bond donors (Lipinski definition) is 3. The lowest BCUT2D eigenvalue weighted by Crippen LogP contribution is -2.58. The Hall–Kier alpha value is -2.82. The molecule has 2 aromatic carbocycles. The Morgan fingerprint density at radius 1 is 0.781 bits per heavy atom. The Bertz CT molecular complexity index is 1010. The Morgan fingerprint density at radius 3 is 1.44 bits per heavy atom. The molecule has 0 spiro atoms. The standard InChI is InChI=1S/C21H20F6N2O3/c1-18(7-9-3-13(28)11(20(22,23)24)5-15(9)31-18)17(30)19(2)8-10-4-14(29)12(21(25,26)27)6-16(10)32-19/h3-6,17,30H,7-8,28-29H2,1-2H3. The van der Waals surface area contributed by atoms with Gasteiger partial charge in [-0.05, 0) is 38.1 Å². The molecular formula is C21H20F6N2O3. The summed E-state index contributed by atoms with van der Waals surface area (Å²) >= 11 is 0. The zero-order chi connectivity index (χ0) is 23.9. The Kier molecular flexibility index (Phi) is 4.61. The second-order valence-corrected chi connectivity index (χ2v) is 8.68. The first-order chi connectivity index (χ1) is 14.5. The van der Waals surface area contributed by atoms with Gasteiger partial charge in [-0.25, -0.2) is 0 Å². The molecule has 2 unspecified atom stereocenters. The summed E-state index contributed by atoms with van der Waals surface area (Å²) in [7, 11) is 0. The molecule has 2 aliphatic rings. The van der Waals surface area contributed by atoms with Crippen LogP contribution in [0.4, 0.5) is 37.7 Å². The molecule has 2 atom stereocenters. The molecule has 0 bridgehead atoms. The third kappa shape index (κ3) is 3.48. The average Bonchev–Trinajstić information content (AvgIpc) is 3.14. The molecule has 2 heterocycles. The molecule has 0 saturated carbocycles. The van der Waals surface area contributed by atoms with Gasteiger partial charge in [-0.2, -0.15) is 26.3 Å². The highest BCUT2D eigenvalue weighted by Crippen LogP contribution is 2.49. The molecule has 11 heteroatoms. The van der Waals surface area contributed by atoms with Crippen molar-refractivity contribution in [2.45, 2.75) is 56.3 Å². The molecule has 2 aromatic rings. The molecule has 0 fully saturated rings. The minimum absolute atomic E-state index is 0.0249. The van der Waals surface area contributed by atoms with Crippen LogP contribution in [0.3, 0.4) is 0 Å². The van der Waals surface area contributed by atoms with Gasteiger partial charge in [0.25, 0.3) is 0 Å². The van der Waals surface area contributed by atoms with Crippen molar-refractivity contribution >= 4 is 11.4 Å².